The van der Waals surface area contributed by atoms with E-state index in [1.807, 2.05) is 6.92 Å². The maximum atomic E-state index is 11.7. The smallest absolute Gasteiger partial charge is 0.292 e. The van der Waals surface area contributed by atoms with Crippen LogP contribution in [0.3, 0.4) is 0 Å². The van der Waals surface area contributed by atoms with Crippen LogP contribution in [-0.2, 0) is 4.79 Å². The third kappa shape index (κ3) is 6.64. The normalized spacial score (nSPS) is 12.2. The average Bonchev–Trinajstić information content (AvgIpc) is 2.46. The van der Waals surface area contributed by atoms with Crippen molar-refractivity contribution in [3.63, 3.8) is 0 Å². The van der Waals surface area contributed by atoms with Gasteiger partial charge in [0.15, 0.2) is 5.11 Å². The fraction of sp³-hybridized carbons (Fsp3) is 0.385. The third-order valence-electron chi connectivity index (χ3n) is 2.73. The van der Waals surface area contributed by atoms with Crippen molar-refractivity contribution in [2.24, 2.45) is 0 Å². The number of amides is 1. The predicted octanol–water partition coefficient (Wildman–Crippen LogP) is 3.49. The summed E-state index contributed by atoms with van der Waals surface area (Å²) in [6.45, 7) is 1.83. The topological polar surface area (TPSA) is 96.3 Å². The Morgan fingerprint density at radius 3 is 2.50 bits per heavy atom. The molecule has 1 aromatic carbocycles. The van der Waals surface area contributed by atoms with Gasteiger partial charge >= 0.3 is 0 Å². The van der Waals surface area contributed by atoms with Crippen molar-refractivity contribution in [3.05, 3.63) is 34.4 Å². The molecule has 0 heterocycles. The molecule has 0 aliphatic carbocycles. The second-order valence-corrected chi connectivity index (χ2v) is 7.44. The van der Waals surface area contributed by atoms with Crippen LogP contribution in [0.5, 0.6) is 0 Å². The molecule has 0 saturated heterocycles. The summed E-state index contributed by atoms with van der Waals surface area (Å²) in [5.74, 6) is -0.324. The number of nitro benzene ring substituents is 1. The minimum absolute atomic E-state index is 0.0441. The zero-order valence-corrected chi connectivity index (χ0v) is 15.6. The summed E-state index contributed by atoms with van der Waals surface area (Å²) in [5, 5.41) is 18.7. The zero-order valence-electron chi connectivity index (χ0n) is 12.5. The summed E-state index contributed by atoms with van der Waals surface area (Å²) < 4.78 is -1.88. The number of carbonyl (C=O) groups is 1. The quantitative estimate of drug-likeness (QED) is 0.217. The molecule has 0 fully saturated rings. The van der Waals surface area contributed by atoms with Crippen LogP contribution in [-0.4, -0.2) is 25.9 Å². The number of thiocarbonyl (C=S) groups is 1. The van der Waals surface area contributed by atoms with Gasteiger partial charge in [0, 0.05) is 12.5 Å². The molecule has 0 aromatic heterocycles. The molecule has 1 aromatic rings. The SMILES string of the molecule is CCCC(=O)N[C@H](NC(=S)Nc1ccccc1[N+](=O)[O-])C(Cl)(Cl)Cl. The summed E-state index contributed by atoms with van der Waals surface area (Å²) in [4.78, 5) is 22.1. The third-order valence-corrected chi connectivity index (χ3v) is 3.61. The van der Waals surface area contributed by atoms with E-state index in [-0.39, 0.29) is 28.8 Å². The van der Waals surface area contributed by atoms with Gasteiger partial charge in [0.05, 0.1) is 4.92 Å². The summed E-state index contributed by atoms with van der Waals surface area (Å²) in [6.07, 6.45) is -0.232. The van der Waals surface area contributed by atoms with Gasteiger partial charge < -0.3 is 16.0 Å². The van der Waals surface area contributed by atoms with E-state index in [0.29, 0.717) is 6.42 Å². The molecule has 1 amide bonds. The largest absolute Gasteiger partial charge is 0.339 e. The lowest BCUT2D eigenvalue weighted by Gasteiger charge is -2.27. The molecule has 7 nitrogen and oxygen atoms in total. The van der Waals surface area contributed by atoms with Crippen molar-refractivity contribution in [1.29, 1.82) is 0 Å². The van der Waals surface area contributed by atoms with Gasteiger partial charge in [-0.15, -0.1) is 0 Å². The number of halogens is 3. The van der Waals surface area contributed by atoms with E-state index in [1.165, 1.54) is 18.2 Å². The molecule has 0 spiro atoms. The molecule has 1 atom stereocenters. The molecule has 0 saturated carbocycles. The number of nitro groups is 1. The summed E-state index contributed by atoms with van der Waals surface area (Å²) in [6, 6.07) is 5.93. The van der Waals surface area contributed by atoms with Crippen LogP contribution in [0.1, 0.15) is 19.8 Å². The Bertz CT molecular complexity index is 625. The van der Waals surface area contributed by atoms with Crippen LogP contribution in [0, 0.1) is 10.1 Å². The van der Waals surface area contributed by atoms with E-state index in [4.69, 9.17) is 47.0 Å². The molecule has 1 rings (SSSR count). The standard InChI is InChI=1S/C13H15Cl3N4O3S/c1-2-5-10(21)18-11(13(14,15)16)19-12(24)17-8-6-3-4-7-9(8)20(22)23/h3-4,6-7,11H,2,5H2,1H3,(H,18,21)(H2,17,19,24)/t11-/m1/s1. The Labute approximate surface area is 159 Å². The summed E-state index contributed by atoms with van der Waals surface area (Å²) in [5.41, 5.74) is 0.00468. The Balaban J connectivity index is 2.82. The molecule has 0 radical (unpaired) electrons. The number of para-hydroxylation sites is 2. The Hall–Kier alpha value is -1.35. The Morgan fingerprint density at radius 1 is 1.33 bits per heavy atom. The van der Waals surface area contributed by atoms with Gasteiger partial charge in [-0.25, -0.2) is 0 Å². The lowest BCUT2D eigenvalue weighted by molar-refractivity contribution is -0.383. The van der Waals surface area contributed by atoms with Crippen LogP contribution < -0.4 is 16.0 Å². The molecule has 3 N–H and O–H groups in total. The fourth-order valence-electron chi connectivity index (χ4n) is 1.69. The van der Waals surface area contributed by atoms with E-state index < -0.39 is 14.9 Å². The number of nitrogens with zero attached hydrogens (tertiary/aromatic N) is 1. The molecule has 132 valence electrons. The maximum absolute atomic E-state index is 11.7. The number of anilines is 1. The second-order valence-electron chi connectivity index (χ2n) is 4.66. The van der Waals surface area contributed by atoms with Crippen molar-refractivity contribution in [2.45, 2.75) is 29.7 Å². The lowest BCUT2D eigenvalue weighted by atomic mass is 10.3. The maximum Gasteiger partial charge on any atom is 0.292 e. The van der Waals surface area contributed by atoms with Crippen molar-refractivity contribution in [1.82, 2.24) is 10.6 Å². The van der Waals surface area contributed by atoms with E-state index in [1.54, 1.807) is 6.07 Å². The highest BCUT2D eigenvalue weighted by Crippen LogP contribution is 2.29. The number of benzene rings is 1. The highest BCUT2D eigenvalue weighted by atomic mass is 35.6. The number of alkyl halides is 3. The summed E-state index contributed by atoms with van der Waals surface area (Å²) >= 11 is 22.6. The van der Waals surface area contributed by atoms with E-state index in [9.17, 15) is 14.9 Å². The van der Waals surface area contributed by atoms with Crippen molar-refractivity contribution in [3.8, 4) is 0 Å². The van der Waals surface area contributed by atoms with Crippen molar-refractivity contribution < 1.29 is 9.72 Å². The highest BCUT2D eigenvalue weighted by molar-refractivity contribution is 7.80. The minimum atomic E-state index is -1.88. The van der Waals surface area contributed by atoms with Gasteiger partial charge in [-0.3, -0.25) is 14.9 Å². The zero-order chi connectivity index (χ0) is 18.3. The van der Waals surface area contributed by atoms with Gasteiger partial charge in [-0.1, -0.05) is 53.9 Å². The first-order chi connectivity index (χ1) is 11.1. The first-order valence-corrected chi connectivity index (χ1v) is 8.36. The second kappa shape index (κ2) is 9.22. The van der Waals surface area contributed by atoms with Gasteiger partial charge in [-0.05, 0) is 24.7 Å². The lowest BCUT2D eigenvalue weighted by Crippen LogP contribution is -2.56. The molecule has 0 bridgehead atoms. The van der Waals surface area contributed by atoms with Gasteiger partial charge in [0.25, 0.3) is 5.69 Å². The van der Waals surface area contributed by atoms with Crippen LogP contribution in [0.15, 0.2) is 24.3 Å². The van der Waals surface area contributed by atoms with Crippen molar-refractivity contribution in [2.75, 3.05) is 5.32 Å². The highest BCUT2D eigenvalue weighted by Gasteiger charge is 2.34. The first-order valence-electron chi connectivity index (χ1n) is 6.82. The van der Waals surface area contributed by atoms with E-state index in [0.717, 1.165) is 0 Å². The molecule has 24 heavy (non-hydrogen) atoms. The Morgan fingerprint density at radius 2 is 1.96 bits per heavy atom. The number of hydrogen-bond donors (Lipinski definition) is 3. The van der Waals surface area contributed by atoms with Gasteiger partial charge in [0.2, 0.25) is 9.70 Å². The number of carbonyl (C=O) groups excluding carboxylic acids is 1. The molecule has 0 unspecified atom stereocenters. The number of rotatable bonds is 6. The summed E-state index contributed by atoms with van der Waals surface area (Å²) in [7, 11) is 0. The van der Waals surface area contributed by atoms with Gasteiger partial charge in [-0.2, -0.15) is 0 Å². The Kier molecular flexibility index (Phi) is 7.95. The van der Waals surface area contributed by atoms with Crippen LogP contribution in [0.25, 0.3) is 0 Å². The van der Waals surface area contributed by atoms with E-state index in [2.05, 4.69) is 16.0 Å². The van der Waals surface area contributed by atoms with Crippen LogP contribution in [0.4, 0.5) is 11.4 Å². The number of nitrogens with one attached hydrogen (secondary N) is 3. The molecular formula is C13H15Cl3N4O3S. The van der Waals surface area contributed by atoms with Crippen molar-refractivity contribution >= 4 is 69.4 Å². The van der Waals surface area contributed by atoms with Gasteiger partial charge in [0.1, 0.15) is 11.9 Å². The fourth-order valence-corrected chi connectivity index (χ4v) is 2.24. The molecule has 11 heteroatoms. The monoisotopic (exact) mass is 412 g/mol. The first kappa shape index (κ1) is 20.7. The van der Waals surface area contributed by atoms with E-state index >= 15 is 0 Å². The number of hydrogen-bond acceptors (Lipinski definition) is 4. The molecule has 0 aliphatic rings. The molecule has 0 aliphatic heterocycles. The molecular weight excluding hydrogens is 399 g/mol. The predicted molar refractivity (Wildman–Crippen MR) is 99.6 cm³/mol. The minimum Gasteiger partial charge on any atom is -0.339 e. The van der Waals surface area contributed by atoms with Crippen LogP contribution >= 0.6 is 47.0 Å². The van der Waals surface area contributed by atoms with Crippen LogP contribution in [0.2, 0.25) is 0 Å². The average molecular weight is 414 g/mol.